The molecule has 172 valence electrons. The number of carbonyl (C=O) groups excluding carboxylic acids is 2. The van der Waals surface area contributed by atoms with Gasteiger partial charge in [0.05, 0.1) is 10.0 Å². The van der Waals surface area contributed by atoms with E-state index in [2.05, 4.69) is 5.32 Å². The quantitative estimate of drug-likeness (QED) is 0.458. The number of thioether (sulfide) groups is 1. The van der Waals surface area contributed by atoms with Crippen molar-refractivity contribution >= 4 is 68.0 Å². The van der Waals surface area contributed by atoms with Crippen molar-refractivity contribution in [1.29, 1.82) is 0 Å². The van der Waals surface area contributed by atoms with E-state index in [1.807, 2.05) is 23.1 Å². The second-order valence-electron chi connectivity index (χ2n) is 7.01. The first-order chi connectivity index (χ1) is 15.7. The van der Waals surface area contributed by atoms with E-state index < -0.39 is 21.9 Å². The molecule has 0 bridgehead atoms. The monoisotopic (exact) mass is 525 g/mol. The molecular formula is C21H17ClFN3O4S3. The van der Waals surface area contributed by atoms with Gasteiger partial charge in [0.25, 0.3) is 15.9 Å². The van der Waals surface area contributed by atoms with E-state index in [1.165, 1.54) is 40.9 Å². The summed E-state index contributed by atoms with van der Waals surface area (Å²) in [6, 6.07) is 11.1. The number of rotatable bonds is 5. The zero-order valence-electron chi connectivity index (χ0n) is 17.1. The van der Waals surface area contributed by atoms with Crippen LogP contribution in [0, 0.1) is 5.82 Å². The SMILES string of the molecule is CSc1ccc2c(c1)C(=O)N(c1ccc(NC(=O)NS(=O)(=O)c3ccc(Cl)s3)cc1F)CC2. The molecule has 2 aromatic carbocycles. The lowest BCUT2D eigenvalue weighted by Crippen LogP contribution is -2.38. The standard InChI is InChI=1S/C21H17ClFN3O4S3/c1-31-14-4-2-12-8-9-26(20(27)15(12)11-14)17-5-3-13(10-16(17)23)24-21(28)25-33(29,30)19-7-6-18(22)32-19/h2-7,10-11H,8-9H2,1H3,(H2,24,25,28). The molecule has 3 aromatic rings. The number of anilines is 2. The number of hydrogen-bond donors (Lipinski definition) is 2. The van der Waals surface area contributed by atoms with Crippen LogP contribution in [0.3, 0.4) is 0 Å². The van der Waals surface area contributed by atoms with Crippen molar-refractivity contribution in [2.45, 2.75) is 15.5 Å². The molecule has 7 nitrogen and oxygen atoms in total. The third-order valence-electron chi connectivity index (χ3n) is 4.93. The van der Waals surface area contributed by atoms with Gasteiger partial charge in [-0.05, 0) is 60.7 Å². The van der Waals surface area contributed by atoms with E-state index in [0.29, 0.717) is 18.5 Å². The van der Waals surface area contributed by atoms with Crippen LogP contribution < -0.4 is 14.9 Å². The van der Waals surface area contributed by atoms with Crippen molar-refractivity contribution < 1.29 is 22.4 Å². The van der Waals surface area contributed by atoms with E-state index in [-0.39, 0.29) is 25.8 Å². The molecule has 0 aliphatic carbocycles. The molecule has 0 spiro atoms. The van der Waals surface area contributed by atoms with Gasteiger partial charge in [-0.15, -0.1) is 23.1 Å². The Bertz CT molecular complexity index is 1360. The molecule has 33 heavy (non-hydrogen) atoms. The van der Waals surface area contributed by atoms with Gasteiger partial charge >= 0.3 is 6.03 Å². The maximum absolute atomic E-state index is 14.9. The van der Waals surface area contributed by atoms with Crippen LogP contribution in [0.5, 0.6) is 0 Å². The minimum Gasteiger partial charge on any atom is -0.307 e. The van der Waals surface area contributed by atoms with E-state index in [9.17, 15) is 22.4 Å². The maximum atomic E-state index is 14.9. The van der Waals surface area contributed by atoms with Gasteiger partial charge in [-0.25, -0.2) is 22.3 Å². The molecule has 0 radical (unpaired) electrons. The fourth-order valence-electron chi connectivity index (χ4n) is 3.38. The predicted molar refractivity (Wildman–Crippen MR) is 129 cm³/mol. The third-order valence-corrected chi connectivity index (χ3v) is 8.71. The molecule has 0 atom stereocenters. The summed E-state index contributed by atoms with van der Waals surface area (Å²) in [7, 11) is -4.11. The number of carbonyl (C=O) groups is 2. The summed E-state index contributed by atoms with van der Waals surface area (Å²) in [6.07, 6.45) is 2.50. The molecule has 4 rings (SSSR count). The van der Waals surface area contributed by atoms with Gasteiger partial charge in [0.2, 0.25) is 0 Å². The largest absolute Gasteiger partial charge is 0.333 e. The molecule has 2 heterocycles. The van der Waals surface area contributed by atoms with Crippen LogP contribution in [-0.4, -0.2) is 33.2 Å². The van der Waals surface area contributed by atoms with E-state index in [1.54, 1.807) is 6.07 Å². The number of fused-ring (bicyclic) bond motifs is 1. The van der Waals surface area contributed by atoms with Crippen LogP contribution in [0.2, 0.25) is 4.34 Å². The average molecular weight is 526 g/mol. The molecule has 1 aromatic heterocycles. The van der Waals surface area contributed by atoms with Crippen LogP contribution in [0.25, 0.3) is 0 Å². The summed E-state index contributed by atoms with van der Waals surface area (Å²) in [5, 5.41) is 2.28. The fourth-order valence-corrected chi connectivity index (χ4v) is 6.21. The van der Waals surface area contributed by atoms with Gasteiger partial charge in [-0.1, -0.05) is 17.7 Å². The highest BCUT2D eigenvalue weighted by molar-refractivity contribution is 7.98. The summed E-state index contributed by atoms with van der Waals surface area (Å²) in [5.74, 6) is -1.02. The summed E-state index contributed by atoms with van der Waals surface area (Å²) in [4.78, 5) is 27.4. The van der Waals surface area contributed by atoms with Crippen LogP contribution in [-0.2, 0) is 16.4 Å². The molecule has 0 fully saturated rings. The first-order valence-electron chi connectivity index (χ1n) is 9.55. The number of halogens is 2. The third kappa shape index (κ3) is 5.01. The summed E-state index contributed by atoms with van der Waals surface area (Å²) in [5.41, 5.74) is 1.56. The second kappa shape index (κ2) is 9.34. The second-order valence-corrected chi connectivity index (χ2v) is 11.5. The Balaban J connectivity index is 1.49. The van der Waals surface area contributed by atoms with E-state index in [0.717, 1.165) is 27.9 Å². The number of sulfonamides is 1. The van der Waals surface area contributed by atoms with Gasteiger partial charge in [-0.2, -0.15) is 0 Å². The zero-order chi connectivity index (χ0) is 23.8. The van der Waals surface area contributed by atoms with Crippen molar-refractivity contribution in [2.24, 2.45) is 0 Å². The molecule has 0 unspecified atom stereocenters. The van der Waals surface area contributed by atoms with Crippen LogP contribution >= 0.6 is 34.7 Å². The first-order valence-corrected chi connectivity index (χ1v) is 13.5. The molecular weight excluding hydrogens is 509 g/mol. The van der Waals surface area contributed by atoms with Crippen LogP contribution in [0.1, 0.15) is 15.9 Å². The Kier molecular flexibility index (Phi) is 6.66. The minimum atomic E-state index is -4.11. The Morgan fingerprint density at radius 1 is 1.18 bits per heavy atom. The number of hydrogen-bond acceptors (Lipinski definition) is 6. The highest BCUT2D eigenvalue weighted by atomic mass is 35.5. The van der Waals surface area contributed by atoms with Gasteiger partial charge in [-0.3, -0.25) is 4.79 Å². The topological polar surface area (TPSA) is 95.6 Å². The molecule has 0 saturated carbocycles. The highest BCUT2D eigenvalue weighted by Gasteiger charge is 2.28. The lowest BCUT2D eigenvalue weighted by Gasteiger charge is -2.29. The normalized spacial score (nSPS) is 13.5. The van der Waals surface area contributed by atoms with Gasteiger partial charge < -0.3 is 10.2 Å². The Morgan fingerprint density at radius 2 is 1.97 bits per heavy atom. The number of benzene rings is 2. The number of nitrogens with zero attached hydrogens (tertiary/aromatic N) is 1. The van der Waals surface area contributed by atoms with Crippen LogP contribution in [0.15, 0.2) is 57.6 Å². The summed E-state index contributed by atoms with van der Waals surface area (Å²) >= 11 is 8.05. The number of urea groups is 1. The van der Waals surface area contributed by atoms with E-state index in [4.69, 9.17) is 11.6 Å². The Morgan fingerprint density at radius 3 is 2.64 bits per heavy atom. The molecule has 2 N–H and O–H groups in total. The Labute approximate surface area is 203 Å². The fraction of sp³-hybridized carbons (Fsp3) is 0.143. The average Bonchev–Trinajstić information content (AvgIpc) is 3.21. The van der Waals surface area contributed by atoms with Gasteiger partial charge in [0.1, 0.15) is 10.0 Å². The number of amides is 3. The summed E-state index contributed by atoms with van der Waals surface area (Å²) < 4.78 is 41.3. The lowest BCUT2D eigenvalue weighted by atomic mass is 9.98. The van der Waals surface area contributed by atoms with Crippen LogP contribution in [0.4, 0.5) is 20.6 Å². The predicted octanol–water partition coefficient (Wildman–Crippen LogP) is 4.98. The number of thiophene rings is 1. The van der Waals surface area contributed by atoms with Crippen molar-refractivity contribution in [3.63, 3.8) is 0 Å². The highest BCUT2D eigenvalue weighted by Crippen LogP contribution is 2.30. The molecule has 12 heteroatoms. The first kappa shape index (κ1) is 23.6. The van der Waals surface area contributed by atoms with Crippen molar-refractivity contribution in [3.05, 3.63) is 69.8 Å². The molecule has 3 amide bonds. The molecule has 1 aliphatic rings. The van der Waals surface area contributed by atoms with Crippen molar-refractivity contribution in [2.75, 3.05) is 23.0 Å². The number of nitrogens with one attached hydrogen (secondary N) is 2. The van der Waals surface area contributed by atoms with E-state index >= 15 is 0 Å². The van der Waals surface area contributed by atoms with Crippen molar-refractivity contribution in [3.8, 4) is 0 Å². The smallest absolute Gasteiger partial charge is 0.307 e. The molecule has 0 saturated heterocycles. The maximum Gasteiger partial charge on any atom is 0.333 e. The van der Waals surface area contributed by atoms with Gasteiger partial charge in [0, 0.05) is 22.7 Å². The summed E-state index contributed by atoms with van der Waals surface area (Å²) in [6.45, 7) is 0.316. The molecule has 1 aliphatic heterocycles. The minimum absolute atomic E-state index is 0.0303. The Hall–Kier alpha value is -2.60. The zero-order valence-corrected chi connectivity index (χ0v) is 20.3. The van der Waals surface area contributed by atoms with Gasteiger partial charge in [0.15, 0.2) is 0 Å². The van der Waals surface area contributed by atoms with Crippen molar-refractivity contribution in [1.82, 2.24) is 4.72 Å². The lowest BCUT2D eigenvalue weighted by molar-refractivity contribution is 0.0979.